The molecular formula is C20H20F4N2O. The maximum atomic E-state index is 13.6. The molecule has 0 atom stereocenters. The summed E-state index contributed by atoms with van der Waals surface area (Å²) < 4.78 is 56.6. The van der Waals surface area contributed by atoms with Crippen LogP contribution in [0.3, 0.4) is 0 Å². The summed E-state index contributed by atoms with van der Waals surface area (Å²) in [6.07, 6.45) is -4.61. The molecule has 0 aliphatic rings. The summed E-state index contributed by atoms with van der Waals surface area (Å²) in [5.41, 5.74) is -0.221. The normalized spacial score (nSPS) is 12.7. The topological polar surface area (TPSA) is 26.9 Å². The van der Waals surface area contributed by atoms with E-state index in [4.69, 9.17) is 0 Å². The first-order valence-electron chi connectivity index (χ1n) is 8.45. The maximum Gasteiger partial charge on any atom is 0.417 e. The quantitative estimate of drug-likeness (QED) is 0.561. The van der Waals surface area contributed by atoms with Gasteiger partial charge >= 0.3 is 11.9 Å². The highest BCUT2D eigenvalue weighted by molar-refractivity contribution is 5.83. The number of fused-ring (bicyclic) bond motifs is 1. The molecule has 0 unspecified atom stereocenters. The molecule has 0 aliphatic heterocycles. The summed E-state index contributed by atoms with van der Waals surface area (Å²) in [6.45, 7) is 6.45. The van der Waals surface area contributed by atoms with Crippen molar-refractivity contribution in [2.24, 2.45) is 12.5 Å². The number of halogens is 4. The minimum absolute atomic E-state index is 0.150. The van der Waals surface area contributed by atoms with Crippen LogP contribution in [0.4, 0.5) is 17.6 Å². The molecule has 0 saturated carbocycles. The highest BCUT2D eigenvalue weighted by atomic mass is 19.4. The van der Waals surface area contributed by atoms with Crippen molar-refractivity contribution in [2.75, 3.05) is 0 Å². The Labute approximate surface area is 153 Å². The van der Waals surface area contributed by atoms with Crippen LogP contribution in [-0.2, 0) is 19.8 Å². The van der Waals surface area contributed by atoms with Crippen molar-refractivity contribution in [3.8, 4) is 11.1 Å². The molecule has 144 valence electrons. The zero-order chi connectivity index (χ0) is 20.1. The van der Waals surface area contributed by atoms with E-state index < -0.39 is 17.6 Å². The Morgan fingerprint density at radius 3 is 2.22 bits per heavy atom. The second kappa shape index (κ2) is 6.25. The van der Waals surface area contributed by atoms with Crippen LogP contribution in [-0.4, -0.2) is 9.13 Å². The number of imidazole rings is 1. The predicted molar refractivity (Wildman–Crippen MR) is 97.0 cm³/mol. The van der Waals surface area contributed by atoms with E-state index in [1.54, 1.807) is 17.7 Å². The van der Waals surface area contributed by atoms with Crippen molar-refractivity contribution in [3.05, 3.63) is 58.3 Å². The molecule has 1 heterocycles. The van der Waals surface area contributed by atoms with Crippen LogP contribution >= 0.6 is 0 Å². The molecular weight excluding hydrogens is 360 g/mol. The van der Waals surface area contributed by atoms with Gasteiger partial charge in [0.05, 0.1) is 16.6 Å². The zero-order valence-electron chi connectivity index (χ0n) is 15.5. The lowest BCUT2D eigenvalue weighted by atomic mass is 9.96. The lowest BCUT2D eigenvalue weighted by Crippen LogP contribution is -2.27. The fourth-order valence-electron chi connectivity index (χ4n) is 3.20. The average Bonchev–Trinajstić information content (AvgIpc) is 2.77. The van der Waals surface area contributed by atoms with E-state index in [0.29, 0.717) is 17.6 Å². The van der Waals surface area contributed by atoms with E-state index in [9.17, 15) is 22.4 Å². The number of rotatable bonds is 2. The summed E-state index contributed by atoms with van der Waals surface area (Å²) in [5, 5.41) is 0. The predicted octanol–water partition coefficient (Wildman–Crippen LogP) is 5.21. The summed E-state index contributed by atoms with van der Waals surface area (Å²) in [6, 6.07) is 7.00. The van der Waals surface area contributed by atoms with E-state index in [1.165, 1.54) is 16.7 Å². The smallest absolute Gasteiger partial charge is 0.295 e. The Hall–Kier alpha value is -2.57. The van der Waals surface area contributed by atoms with Crippen molar-refractivity contribution < 1.29 is 17.6 Å². The van der Waals surface area contributed by atoms with Crippen molar-refractivity contribution >= 4 is 11.0 Å². The molecule has 1 aromatic heterocycles. The Morgan fingerprint density at radius 2 is 1.63 bits per heavy atom. The minimum atomic E-state index is -4.61. The Bertz CT molecular complexity index is 1070. The van der Waals surface area contributed by atoms with Crippen LogP contribution < -0.4 is 5.69 Å². The van der Waals surface area contributed by atoms with Crippen LogP contribution in [0.2, 0.25) is 0 Å². The number of benzene rings is 2. The van der Waals surface area contributed by atoms with Gasteiger partial charge in [-0.1, -0.05) is 26.8 Å². The molecule has 0 fully saturated rings. The van der Waals surface area contributed by atoms with Gasteiger partial charge in [-0.3, -0.25) is 9.13 Å². The lowest BCUT2D eigenvalue weighted by molar-refractivity contribution is -0.137. The first-order valence-corrected chi connectivity index (χ1v) is 8.45. The third kappa shape index (κ3) is 3.63. The monoisotopic (exact) mass is 380 g/mol. The molecule has 27 heavy (non-hydrogen) atoms. The number of hydrogen-bond donors (Lipinski definition) is 0. The van der Waals surface area contributed by atoms with Gasteiger partial charge in [0.15, 0.2) is 0 Å². The van der Waals surface area contributed by atoms with Gasteiger partial charge in [-0.2, -0.15) is 13.2 Å². The Kier molecular flexibility index (Phi) is 4.44. The van der Waals surface area contributed by atoms with Gasteiger partial charge in [0.1, 0.15) is 5.82 Å². The fourth-order valence-corrected chi connectivity index (χ4v) is 3.20. The fraction of sp³-hybridized carbons (Fsp3) is 0.350. The van der Waals surface area contributed by atoms with Crippen molar-refractivity contribution in [1.82, 2.24) is 9.13 Å². The molecule has 0 spiro atoms. The largest absolute Gasteiger partial charge is 0.417 e. The SMILES string of the molecule is Cn1c(=O)n(CC(C)(C)C)c2ccc(-c3cc(F)ccc3C(F)(F)F)cc21. The summed E-state index contributed by atoms with van der Waals surface area (Å²) >= 11 is 0. The molecule has 0 saturated heterocycles. The summed E-state index contributed by atoms with van der Waals surface area (Å²) in [4.78, 5) is 12.6. The van der Waals surface area contributed by atoms with Gasteiger partial charge < -0.3 is 0 Å². The Morgan fingerprint density at radius 1 is 0.963 bits per heavy atom. The summed E-state index contributed by atoms with van der Waals surface area (Å²) in [5.74, 6) is -0.753. The van der Waals surface area contributed by atoms with Crippen molar-refractivity contribution in [3.63, 3.8) is 0 Å². The molecule has 0 bridgehead atoms. The van der Waals surface area contributed by atoms with E-state index in [0.717, 1.165) is 18.2 Å². The molecule has 0 amide bonds. The van der Waals surface area contributed by atoms with Crippen LogP contribution in [0.5, 0.6) is 0 Å². The average molecular weight is 380 g/mol. The summed E-state index contributed by atoms with van der Waals surface area (Å²) in [7, 11) is 1.57. The van der Waals surface area contributed by atoms with Gasteiger partial charge in [-0.25, -0.2) is 9.18 Å². The lowest BCUT2D eigenvalue weighted by Gasteiger charge is -2.18. The molecule has 7 heteroatoms. The molecule has 3 aromatic rings. The van der Waals surface area contributed by atoms with Gasteiger partial charge in [-0.15, -0.1) is 0 Å². The van der Waals surface area contributed by atoms with Gasteiger partial charge in [-0.05, 0) is 46.9 Å². The van der Waals surface area contributed by atoms with Gasteiger partial charge in [0.25, 0.3) is 0 Å². The van der Waals surface area contributed by atoms with Crippen LogP contribution in [0.1, 0.15) is 26.3 Å². The van der Waals surface area contributed by atoms with Crippen molar-refractivity contribution in [1.29, 1.82) is 0 Å². The standard InChI is InChI=1S/C20H20F4N2O/c1-19(2,3)11-26-16-8-5-12(9-17(16)25(4)18(26)27)14-10-13(21)6-7-15(14)20(22,23)24/h5-10H,11H2,1-4H3. The highest BCUT2D eigenvalue weighted by Crippen LogP contribution is 2.38. The molecule has 2 aromatic carbocycles. The third-order valence-electron chi connectivity index (χ3n) is 4.38. The molecule has 0 aliphatic carbocycles. The zero-order valence-corrected chi connectivity index (χ0v) is 15.5. The number of alkyl halides is 3. The third-order valence-corrected chi connectivity index (χ3v) is 4.38. The van der Waals surface area contributed by atoms with E-state index in [2.05, 4.69) is 0 Å². The van der Waals surface area contributed by atoms with Gasteiger partial charge in [0, 0.05) is 13.6 Å². The minimum Gasteiger partial charge on any atom is -0.295 e. The highest BCUT2D eigenvalue weighted by Gasteiger charge is 2.34. The second-order valence-electron chi connectivity index (χ2n) is 7.88. The van der Waals surface area contributed by atoms with E-state index >= 15 is 0 Å². The Balaban J connectivity index is 2.24. The molecule has 0 radical (unpaired) electrons. The molecule has 0 N–H and O–H groups in total. The van der Waals surface area contributed by atoms with Crippen molar-refractivity contribution in [2.45, 2.75) is 33.5 Å². The number of aromatic nitrogens is 2. The number of nitrogens with zero attached hydrogens (tertiary/aromatic N) is 2. The van der Waals surface area contributed by atoms with Gasteiger partial charge in [0.2, 0.25) is 0 Å². The van der Waals surface area contributed by atoms with Crippen LogP contribution in [0.25, 0.3) is 22.2 Å². The maximum absolute atomic E-state index is 13.6. The first kappa shape index (κ1) is 19.2. The first-order chi connectivity index (χ1) is 12.4. The molecule has 3 nitrogen and oxygen atoms in total. The van der Waals surface area contributed by atoms with Crippen LogP contribution in [0, 0.1) is 11.2 Å². The number of hydrogen-bond acceptors (Lipinski definition) is 1. The second-order valence-corrected chi connectivity index (χ2v) is 7.88. The van der Waals surface area contributed by atoms with E-state index in [1.807, 2.05) is 20.8 Å². The van der Waals surface area contributed by atoms with Crippen LogP contribution in [0.15, 0.2) is 41.2 Å². The number of aryl methyl sites for hydroxylation is 1. The molecule has 3 rings (SSSR count). The van der Waals surface area contributed by atoms with E-state index in [-0.39, 0.29) is 22.2 Å².